The van der Waals surface area contributed by atoms with E-state index in [1.54, 1.807) is 0 Å². The predicted octanol–water partition coefficient (Wildman–Crippen LogP) is 19.7. The summed E-state index contributed by atoms with van der Waals surface area (Å²) in [5, 5.41) is 0. The SMILES string of the molecule is CC/C=C\C/C=C\C/C=C\C/C=C\C/C=C\C/C=C\C/C=C\C/C=C\C/C=C\C/C=C\CCCCCCCCC(=O)OC(COC(=O)CCCCCCCCC/C=C\CCCCCCCC)COP(=O)(O)OCC[N+](C)(C)C. The number of hydrogen-bond donors (Lipinski definition) is 1. The number of phosphoric acid groups is 1. The molecule has 0 aliphatic carbocycles. The second-order valence-corrected chi connectivity index (χ2v) is 22.8. The summed E-state index contributed by atoms with van der Waals surface area (Å²) in [6.45, 7) is 4.28. The Morgan fingerprint density at radius 3 is 1.10 bits per heavy atom. The molecular formula is C68H115NO8P+. The molecule has 0 bridgehead atoms. The van der Waals surface area contributed by atoms with Crippen molar-refractivity contribution in [3.05, 3.63) is 134 Å². The molecule has 0 heterocycles. The average Bonchev–Trinajstić information content (AvgIpc) is 3.41. The molecular weight excluding hydrogens is 990 g/mol. The van der Waals surface area contributed by atoms with Gasteiger partial charge in [0.05, 0.1) is 27.7 Å². The van der Waals surface area contributed by atoms with E-state index in [0.717, 1.165) is 135 Å². The summed E-state index contributed by atoms with van der Waals surface area (Å²) in [7, 11) is 1.45. The van der Waals surface area contributed by atoms with E-state index in [4.69, 9.17) is 18.5 Å². The topological polar surface area (TPSA) is 108 Å². The van der Waals surface area contributed by atoms with E-state index < -0.39 is 26.5 Å². The van der Waals surface area contributed by atoms with Crippen LogP contribution in [-0.2, 0) is 32.7 Å². The van der Waals surface area contributed by atoms with E-state index in [1.807, 2.05) is 21.1 Å². The van der Waals surface area contributed by atoms with Crippen molar-refractivity contribution in [2.24, 2.45) is 0 Å². The fraction of sp³-hybridized carbons (Fsp3) is 0.647. The molecule has 0 aliphatic heterocycles. The van der Waals surface area contributed by atoms with Gasteiger partial charge in [-0.3, -0.25) is 18.6 Å². The van der Waals surface area contributed by atoms with Crippen LogP contribution in [0, 0.1) is 0 Å². The van der Waals surface area contributed by atoms with Crippen molar-refractivity contribution in [1.29, 1.82) is 0 Å². The Bertz CT molecular complexity index is 1780. The van der Waals surface area contributed by atoms with Crippen LogP contribution in [0.25, 0.3) is 0 Å². The molecule has 0 aromatic rings. The maximum atomic E-state index is 12.8. The molecule has 0 radical (unpaired) electrons. The molecule has 1 N–H and O–H groups in total. The Balaban J connectivity index is 4.19. The van der Waals surface area contributed by atoms with Gasteiger partial charge >= 0.3 is 19.8 Å². The van der Waals surface area contributed by atoms with Crippen LogP contribution in [0.3, 0.4) is 0 Å². The number of likely N-dealkylation sites (N-methyl/N-ethyl adjacent to an activating group) is 1. The van der Waals surface area contributed by atoms with Crippen molar-refractivity contribution in [1.82, 2.24) is 0 Å². The van der Waals surface area contributed by atoms with Gasteiger partial charge in [0, 0.05) is 12.8 Å². The molecule has 0 rings (SSSR count). The number of esters is 2. The Morgan fingerprint density at radius 2 is 0.731 bits per heavy atom. The fourth-order valence-corrected chi connectivity index (χ4v) is 8.66. The van der Waals surface area contributed by atoms with Crippen molar-refractivity contribution in [3.63, 3.8) is 0 Å². The minimum absolute atomic E-state index is 0.0214. The van der Waals surface area contributed by atoms with Gasteiger partial charge in [-0.1, -0.05) is 237 Å². The zero-order valence-corrected chi connectivity index (χ0v) is 51.2. The van der Waals surface area contributed by atoms with Crippen LogP contribution in [0.5, 0.6) is 0 Å². The quantitative estimate of drug-likeness (QED) is 0.0211. The molecule has 9 nitrogen and oxygen atoms in total. The third kappa shape index (κ3) is 61.4. The van der Waals surface area contributed by atoms with Gasteiger partial charge in [0.2, 0.25) is 0 Å². The monoisotopic (exact) mass is 1100 g/mol. The first-order chi connectivity index (χ1) is 38.0. The normalized spacial score (nSPS) is 14.2. The Morgan fingerprint density at radius 1 is 0.410 bits per heavy atom. The molecule has 444 valence electrons. The minimum Gasteiger partial charge on any atom is -0.462 e. The Hall–Kier alpha value is -3.85. The summed E-state index contributed by atoms with van der Waals surface area (Å²) in [6, 6.07) is 0. The third-order valence-electron chi connectivity index (χ3n) is 12.7. The van der Waals surface area contributed by atoms with Crippen molar-refractivity contribution in [2.75, 3.05) is 47.5 Å². The molecule has 2 atom stereocenters. The second kappa shape index (κ2) is 57.8. The van der Waals surface area contributed by atoms with E-state index in [2.05, 4.69) is 148 Å². The summed E-state index contributed by atoms with van der Waals surface area (Å²) in [4.78, 5) is 35.7. The lowest BCUT2D eigenvalue weighted by atomic mass is 10.1. The first-order valence-electron chi connectivity index (χ1n) is 30.9. The smallest absolute Gasteiger partial charge is 0.462 e. The molecule has 78 heavy (non-hydrogen) atoms. The standard InChI is InChI=1S/C68H114NO8P/c1-6-8-10-12-14-16-18-20-22-24-25-26-27-28-29-30-31-32-33-34-35-36-37-38-39-40-41-42-43-45-47-49-51-53-55-57-59-61-68(71)77-66(65-76-78(72,73)75-63-62-69(3,4)5)64-74-67(70)60-58-56-54-52-50-48-46-44-23-21-19-17-15-13-11-9-7-2/h8,10,14,16,20-23,25-26,28-29,31-32,34-35,37-38,40-41,43,45,66H,6-7,9,11-13,15,17-19,24,27,30,33,36,39,42,44,46-65H2,1-5H3/p+1/b10-8-,16-14-,22-20-,23-21-,26-25-,29-28-,32-31-,35-34-,38-37-,41-40-,45-43-. The van der Waals surface area contributed by atoms with Crippen LogP contribution in [0.15, 0.2) is 134 Å². The molecule has 0 aromatic heterocycles. The van der Waals surface area contributed by atoms with Gasteiger partial charge in [-0.15, -0.1) is 0 Å². The average molecular weight is 1110 g/mol. The zero-order valence-electron chi connectivity index (χ0n) is 50.3. The second-order valence-electron chi connectivity index (χ2n) is 21.4. The van der Waals surface area contributed by atoms with Gasteiger partial charge in [0.1, 0.15) is 19.8 Å². The number of hydrogen-bond acceptors (Lipinski definition) is 7. The van der Waals surface area contributed by atoms with E-state index in [0.29, 0.717) is 17.4 Å². The number of phosphoric ester groups is 1. The molecule has 2 unspecified atom stereocenters. The van der Waals surface area contributed by atoms with Crippen LogP contribution in [0.2, 0.25) is 0 Å². The Kier molecular flexibility index (Phi) is 55.0. The van der Waals surface area contributed by atoms with Crippen LogP contribution in [0.1, 0.15) is 232 Å². The number of nitrogens with zero attached hydrogens (tertiary/aromatic N) is 1. The lowest BCUT2D eigenvalue weighted by Gasteiger charge is -2.24. The van der Waals surface area contributed by atoms with Crippen LogP contribution in [-0.4, -0.2) is 74.9 Å². The number of allylic oxidation sites excluding steroid dienone is 22. The largest absolute Gasteiger partial charge is 0.472 e. The lowest BCUT2D eigenvalue weighted by Crippen LogP contribution is -2.37. The molecule has 0 spiro atoms. The number of ether oxygens (including phenoxy) is 2. The van der Waals surface area contributed by atoms with Crippen LogP contribution >= 0.6 is 7.82 Å². The molecule has 0 saturated carbocycles. The highest BCUT2D eigenvalue weighted by Gasteiger charge is 2.27. The van der Waals surface area contributed by atoms with Crippen molar-refractivity contribution in [3.8, 4) is 0 Å². The number of rotatable bonds is 55. The van der Waals surface area contributed by atoms with Gasteiger partial charge < -0.3 is 18.9 Å². The molecule has 0 aromatic carbocycles. The van der Waals surface area contributed by atoms with Gasteiger partial charge in [-0.2, -0.15) is 0 Å². The van der Waals surface area contributed by atoms with Crippen LogP contribution < -0.4 is 0 Å². The summed E-state index contributed by atoms with van der Waals surface area (Å²) < 4.78 is 34.6. The summed E-state index contributed by atoms with van der Waals surface area (Å²) in [5.74, 6) is -0.826. The first-order valence-corrected chi connectivity index (χ1v) is 32.4. The highest BCUT2D eigenvalue weighted by Crippen LogP contribution is 2.43. The van der Waals surface area contributed by atoms with Crippen LogP contribution in [0.4, 0.5) is 0 Å². The lowest BCUT2D eigenvalue weighted by molar-refractivity contribution is -0.870. The van der Waals surface area contributed by atoms with Gasteiger partial charge in [-0.25, -0.2) is 4.57 Å². The predicted molar refractivity (Wildman–Crippen MR) is 334 cm³/mol. The highest BCUT2D eigenvalue weighted by atomic mass is 31.2. The van der Waals surface area contributed by atoms with Crippen molar-refractivity contribution in [2.45, 2.75) is 238 Å². The van der Waals surface area contributed by atoms with Crippen molar-refractivity contribution >= 4 is 19.8 Å². The van der Waals surface area contributed by atoms with E-state index in [-0.39, 0.29) is 32.0 Å². The number of unbranched alkanes of at least 4 members (excludes halogenated alkanes) is 19. The van der Waals surface area contributed by atoms with E-state index in [1.165, 1.54) is 64.2 Å². The highest BCUT2D eigenvalue weighted by molar-refractivity contribution is 7.47. The fourth-order valence-electron chi connectivity index (χ4n) is 7.92. The van der Waals surface area contributed by atoms with E-state index >= 15 is 0 Å². The molecule has 0 fully saturated rings. The maximum Gasteiger partial charge on any atom is 0.472 e. The maximum absolute atomic E-state index is 12.8. The van der Waals surface area contributed by atoms with Gasteiger partial charge in [0.25, 0.3) is 0 Å². The molecule has 0 amide bonds. The molecule has 10 heteroatoms. The third-order valence-corrected chi connectivity index (χ3v) is 13.6. The molecule has 0 saturated heterocycles. The first kappa shape index (κ1) is 74.2. The van der Waals surface area contributed by atoms with Gasteiger partial charge in [0.15, 0.2) is 6.10 Å². The number of carbonyl (C=O) groups is 2. The number of carbonyl (C=O) groups excluding carboxylic acids is 2. The summed E-state index contributed by atoms with van der Waals surface area (Å²) in [5.41, 5.74) is 0. The Labute approximate surface area is 479 Å². The number of quaternary nitrogens is 1. The van der Waals surface area contributed by atoms with Crippen molar-refractivity contribution < 1.29 is 42.1 Å². The zero-order chi connectivity index (χ0) is 57.0. The van der Waals surface area contributed by atoms with Gasteiger partial charge in [-0.05, 0) is 116 Å². The summed E-state index contributed by atoms with van der Waals surface area (Å²) in [6.07, 6.45) is 83.8. The molecule has 0 aliphatic rings. The minimum atomic E-state index is -4.40. The summed E-state index contributed by atoms with van der Waals surface area (Å²) >= 11 is 0. The van der Waals surface area contributed by atoms with E-state index in [9.17, 15) is 19.0 Å².